The van der Waals surface area contributed by atoms with E-state index in [2.05, 4.69) is 20.6 Å². The van der Waals surface area contributed by atoms with Crippen molar-refractivity contribution in [3.8, 4) is 11.5 Å². The van der Waals surface area contributed by atoms with Gasteiger partial charge in [-0.1, -0.05) is 24.3 Å². The molecule has 0 spiro atoms. The van der Waals surface area contributed by atoms with Crippen LogP contribution in [0.4, 0.5) is 4.39 Å². The molecule has 1 aromatic heterocycles. The second kappa shape index (κ2) is 11.2. The Morgan fingerprint density at radius 1 is 1.10 bits per heavy atom. The number of aromatic nitrogens is 1. The highest BCUT2D eigenvalue weighted by Gasteiger charge is 2.12. The van der Waals surface area contributed by atoms with Gasteiger partial charge in [0, 0.05) is 25.4 Å². The number of nitrogens with zero attached hydrogens (tertiary/aromatic N) is 2. The van der Waals surface area contributed by atoms with Crippen LogP contribution < -0.4 is 10.6 Å². The molecule has 1 heterocycles. The maximum atomic E-state index is 13.7. The van der Waals surface area contributed by atoms with Gasteiger partial charge in [-0.25, -0.2) is 17.8 Å². The van der Waals surface area contributed by atoms with Gasteiger partial charge in [-0.3, -0.25) is 4.99 Å². The molecular weight excluding hydrogens is 534 g/mol. The Labute approximate surface area is 198 Å². The molecule has 0 amide bonds. The Bertz CT molecular complexity index is 1130. The van der Waals surface area contributed by atoms with E-state index in [1.165, 1.54) is 18.2 Å². The summed E-state index contributed by atoms with van der Waals surface area (Å²) in [6, 6.07) is 13.6. The zero-order chi connectivity index (χ0) is 21.6. The van der Waals surface area contributed by atoms with Crippen molar-refractivity contribution >= 4 is 39.8 Å². The van der Waals surface area contributed by atoms with Crippen LogP contribution in [0, 0.1) is 5.82 Å². The van der Waals surface area contributed by atoms with Gasteiger partial charge in [0.05, 0.1) is 18.0 Å². The Balaban J connectivity index is 0.00000341. The zero-order valence-corrected chi connectivity index (χ0v) is 20.3. The fourth-order valence-electron chi connectivity index (χ4n) is 2.86. The van der Waals surface area contributed by atoms with E-state index in [4.69, 9.17) is 4.42 Å². The standard InChI is InChI=1S/C21H23FN4O3S.HI/c1-23-21(24-11-17-10-18(22)9-8-16(17)14-30(2,27)28)25-12-19-13-29-20(26-19)15-6-4-3-5-7-15;/h3-10,13H,11-12,14H2,1-2H3,(H2,23,24,25);1H. The maximum absolute atomic E-state index is 13.7. The van der Waals surface area contributed by atoms with Crippen molar-refractivity contribution in [1.29, 1.82) is 0 Å². The highest BCUT2D eigenvalue weighted by atomic mass is 127. The number of halogens is 2. The smallest absolute Gasteiger partial charge is 0.226 e. The predicted octanol–water partition coefficient (Wildman–Crippen LogP) is 3.51. The molecule has 0 radical (unpaired) electrons. The van der Waals surface area contributed by atoms with Crippen LogP contribution in [0.15, 0.2) is 64.2 Å². The monoisotopic (exact) mass is 558 g/mol. The average Bonchev–Trinajstić information content (AvgIpc) is 3.19. The Kier molecular flexibility index (Phi) is 8.99. The van der Waals surface area contributed by atoms with Crippen LogP contribution in [-0.4, -0.2) is 32.7 Å². The summed E-state index contributed by atoms with van der Waals surface area (Å²) >= 11 is 0. The summed E-state index contributed by atoms with van der Waals surface area (Å²) in [5.74, 6) is 0.412. The van der Waals surface area contributed by atoms with Crippen LogP contribution in [0.5, 0.6) is 0 Å². The number of oxazole rings is 1. The van der Waals surface area contributed by atoms with E-state index in [1.54, 1.807) is 13.3 Å². The van der Waals surface area contributed by atoms with Crippen LogP contribution in [0.3, 0.4) is 0 Å². The first-order valence-electron chi connectivity index (χ1n) is 9.23. The summed E-state index contributed by atoms with van der Waals surface area (Å²) in [5.41, 5.74) is 2.68. The Morgan fingerprint density at radius 3 is 2.48 bits per heavy atom. The molecule has 0 aliphatic rings. The van der Waals surface area contributed by atoms with Gasteiger partial charge in [0.1, 0.15) is 12.1 Å². The third-order valence-corrected chi connectivity index (χ3v) is 5.10. The third kappa shape index (κ3) is 7.62. The van der Waals surface area contributed by atoms with Crippen molar-refractivity contribution in [2.45, 2.75) is 18.8 Å². The van der Waals surface area contributed by atoms with E-state index >= 15 is 0 Å². The highest BCUT2D eigenvalue weighted by molar-refractivity contribution is 14.0. The van der Waals surface area contributed by atoms with Gasteiger partial charge in [0.15, 0.2) is 15.8 Å². The number of hydrogen-bond donors (Lipinski definition) is 2. The topological polar surface area (TPSA) is 96.6 Å². The lowest BCUT2D eigenvalue weighted by molar-refractivity contribution is 0.572. The van der Waals surface area contributed by atoms with E-state index in [1.807, 2.05) is 30.3 Å². The molecule has 10 heteroatoms. The quantitative estimate of drug-likeness (QED) is 0.262. The first-order chi connectivity index (χ1) is 14.3. The highest BCUT2D eigenvalue weighted by Crippen LogP contribution is 2.18. The largest absolute Gasteiger partial charge is 0.444 e. The van der Waals surface area contributed by atoms with Crippen molar-refractivity contribution in [2.24, 2.45) is 4.99 Å². The molecule has 7 nitrogen and oxygen atoms in total. The molecule has 0 saturated heterocycles. The summed E-state index contributed by atoms with van der Waals surface area (Å²) in [5, 5.41) is 6.17. The van der Waals surface area contributed by atoms with Gasteiger partial charge in [0.25, 0.3) is 0 Å². The zero-order valence-electron chi connectivity index (χ0n) is 17.1. The summed E-state index contributed by atoms with van der Waals surface area (Å²) in [6.07, 6.45) is 2.72. The molecule has 0 aliphatic carbocycles. The van der Waals surface area contributed by atoms with E-state index in [-0.39, 0.29) is 36.3 Å². The molecule has 2 aromatic carbocycles. The van der Waals surface area contributed by atoms with Crippen LogP contribution in [0.25, 0.3) is 11.5 Å². The minimum atomic E-state index is -3.24. The SMILES string of the molecule is CN=C(NCc1coc(-c2ccccc2)n1)NCc1cc(F)ccc1CS(C)(=O)=O.I. The van der Waals surface area contributed by atoms with Crippen LogP contribution in [-0.2, 0) is 28.7 Å². The third-order valence-electron chi connectivity index (χ3n) is 4.27. The molecule has 166 valence electrons. The van der Waals surface area contributed by atoms with Crippen molar-refractivity contribution in [3.05, 3.63) is 77.4 Å². The van der Waals surface area contributed by atoms with Crippen molar-refractivity contribution in [1.82, 2.24) is 15.6 Å². The van der Waals surface area contributed by atoms with E-state index < -0.39 is 15.7 Å². The summed E-state index contributed by atoms with van der Waals surface area (Å²) < 4.78 is 42.4. The van der Waals surface area contributed by atoms with Gasteiger partial charge < -0.3 is 15.1 Å². The van der Waals surface area contributed by atoms with Crippen LogP contribution >= 0.6 is 24.0 Å². The number of rotatable bonds is 7. The molecule has 2 N–H and O–H groups in total. The molecule has 0 fully saturated rings. The lowest BCUT2D eigenvalue weighted by atomic mass is 10.1. The number of guanidine groups is 1. The lowest BCUT2D eigenvalue weighted by Gasteiger charge is -2.13. The molecule has 0 bridgehead atoms. The van der Waals surface area contributed by atoms with Crippen LogP contribution in [0.2, 0.25) is 0 Å². The van der Waals surface area contributed by atoms with Gasteiger partial charge in [-0.05, 0) is 35.4 Å². The number of benzene rings is 2. The number of aliphatic imine (C=N–C) groups is 1. The first kappa shape index (κ1) is 24.8. The van der Waals surface area contributed by atoms with Gasteiger partial charge in [-0.15, -0.1) is 24.0 Å². The van der Waals surface area contributed by atoms with E-state index in [0.717, 1.165) is 11.8 Å². The van der Waals surface area contributed by atoms with Crippen molar-refractivity contribution < 1.29 is 17.2 Å². The molecule has 0 atom stereocenters. The first-order valence-corrected chi connectivity index (χ1v) is 11.3. The fraction of sp³-hybridized carbons (Fsp3) is 0.238. The normalized spacial score (nSPS) is 11.6. The molecule has 0 unspecified atom stereocenters. The minimum Gasteiger partial charge on any atom is -0.444 e. The molecule has 0 aliphatic heterocycles. The molecular formula is C21H24FIN4O3S. The van der Waals surface area contributed by atoms with Crippen molar-refractivity contribution in [2.75, 3.05) is 13.3 Å². The molecule has 3 rings (SSSR count). The predicted molar refractivity (Wildman–Crippen MR) is 129 cm³/mol. The molecule has 31 heavy (non-hydrogen) atoms. The summed E-state index contributed by atoms with van der Waals surface area (Å²) in [4.78, 5) is 8.58. The molecule has 3 aromatic rings. The summed E-state index contributed by atoms with van der Waals surface area (Å²) in [7, 11) is -1.63. The summed E-state index contributed by atoms with van der Waals surface area (Å²) in [6.45, 7) is 0.589. The van der Waals surface area contributed by atoms with Gasteiger partial charge >= 0.3 is 0 Å². The second-order valence-electron chi connectivity index (χ2n) is 6.77. The Hall–Kier alpha value is -2.47. The fourth-order valence-corrected chi connectivity index (χ4v) is 3.70. The maximum Gasteiger partial charge on any atom is 0.226 e. The van der Waals surface area contributed by atoms with Crippen molar-refractivity contribution in [3.63, 3.8) is 0 Å². The number of sulfone groups is 1. The number of nitrogens with one attached hydrogen (secondary N) is 2. The van der Waals surface area contributed by atoms with Gasteiger partial charge in [-0.2, -0.15) is 0 Å². The van der Waals surface area contributed by atoms with Crippen LogP contribution in [0.1, 0.15) is 16.8 Å². The Morgan fingerprint density at radius 2 is 1.81 bits per heavy atom. The lowest BCUT2D eigenvalue weighted by Crippen LogP contribution is -2.36. The van der Waals surface area contributed by atoms with E-state index in [9.17, 15) is 12.8 Å². The second-order valence-corrected chi connectivity index (χ2v) is 8.91. The average molecular weight is 558 g/mol. The van der Waals surface area contributed by atoms with Gasteiger partial charge in [0.2, 0.25) is 5.89 Å². The van der Waals surface area contributed by atoms with E-state index in [0.29, 0.717) is 35.2 Å². The number of hydrogen-bond acceptors (Lipinski definition) is 5. The minimum absolute atomic E-state index is 0. The molecule has 0 saturated carbocycles.